The molecule has 2 unspecified atom stereocenters. The fourth-order valence-corrected chi connectivity index (χ4v) is 7.41. The molecule has 0 aliphatic heterocycles. The molecule has 0 radical (unpaired) electrons. The molecule has 14 nitrogen and oxygen atoms in total. The summed E-state index contributed by atoms with van der Waals surface area (Å²) in [6, 6.07) is 0. The number of carboxylic acids is 2. The molecule has 2 amide bonds. The summed E-state index contributed by atoms with van der Waals surface area (Å²) >= 11 is 0. The predicted octanol–water partition coefficient (Wildman–Crippen LogP) is -2.89. The Morgan fingerprint density at radius 3 is 0.840 bits per heavy atom. The first-order chi connectivity index (χ1) is 22.3. The van der Waals surface area contributed by atoms with E-state index in [1.165, 1.54) is 51.4 Å². The van der Waals surface area contributed by atoms with E-state index in [2.05, 4.69) is 13.8 Å². The van der Waals surface area contributed by atoms with Crippen LogP contribution in [0.2, 0.25) is 0 Å². The fourth-order valence-electron chi connectivity index (χ4n) is 5.54. The Labute approximate surface area is 344 Å². The number of unbranched alkanes of at least 4 members (excludes halogenated alkanes) is 18. The average Bonchev–Trinajstić information content (AvgIpc) is 2.96. The molecule has 0 saturated heterocycles. The molecule has 0 fully saturated rings. The Kier molecular flexibility index (Phi) is 35.1. The van der Waals surface area contributed by atoms with Gasteiger partial charge in [0.15, 0.2) is 0 Å². The number of primary amides is 2. The Morgan fingerprint density at radius 2 is 0.680 bits per heavy atom. The van der Waals surface area contributed by atoms with Gasteiger partial charge in [-0.15, -0.1) is 0 Å². The van der Waals surface area contributed by atoms with E-state index in [1.807, 2.05) is 0 Å². The fraction of sp³-hybridized carbons (Fsp3) is 0.875. The van der Waals surface area contributed by atoms with Gasteiger partial charge in [-0.3, -0.25) is 18.7 Å². The van der Waals surface area contributed by atoms with Crippen molar-refractivity contribution in [1.82, 2.24) is 0 Å². The van der Waals surface area contributed by atoms with Gasteiger partial charge < -0.3 is 31.3 Å². The van der Waals surface area contributed by atoms with E-state index in [9.17, 15) is 55.3 Å². The molecule has 0 rings (SSSR count). The Bertz CT molecular complexity index is 1080. The van der Waals surface area contributed by atoms with Crippen LogP contribution in [0.15, 0.2) is 0 Å². The van der Waals surface area contributed by atoms with Crippen LogP contribution in [0.5, 0.6) is 0 Å². The molecule has 6 N–H and O–H groups in total. The summed E-state index contributed by atoms with van der Waals surface area (Å²) in [4.78, 5) is 44.5. The summed E-state index contributed by atoms with van der Waals surface area (Å²) in [5, 5.41) is 22.5. The van der Waals surface area contributed by atoms with E-state index in [0.29, 0.717) is 12.8 Å². The molecule has 0 aliphatic carbocycles. The average molecular weight is 775 g/mol. The van der Waals surface area contributed by atoms with Crippen LogP contribution in [0.3, 0.4) is 0 Å². The van der Waals surface area contributed by atoms with Crippen molar-refractivity contribution in [3.8, 4) is 0 Å². The second-order valence-corrected chi connectivity index (χ2v) is 16.1. The quantitative estimate of drug-likeness (QED) is 0.0325. The molecular weight excluding hydrogens is 714 g/mol. The van der Waals surface area contributed by atoms with Crippen molar-refractivity contribution >= 4 is 44.0 Å². The van der Waals surface area contributed by atoms with E-state index in [0.717, 1.165) is 51.4 Å². The summed E-state index contributed by atoms with van der Waals surface area (Å²) in [5.74, 6) is -6.19. The van der Waals surface area contributed by atoms with Crippen molar-refractivity contribution in [2.24, 2.45) is 11.5 Å². The third-order valence-electron chi connectivity index (χ3n) is 8.52. The minimum Gasteiger partial charge on any atom is -0.548 e. The molecule has 284 valence electrons. The van der Waals surface area contributed by atoms with E-state index < -0.39 is 66.3 Å². The second kappa shape index (κ2) is 31.1. The second-order valence-electron chi connectivity index (χ2n) is 12.7. The summed E-state index contributed by atoms with van der Waals surface area (Å²) in [7, 11) is -9.99. The number of nitrogens with two attached hydrogens (primary N) is 2. The minimum atomic E-state index is -4.99. The SMILES string of the molecule is CCCCCCCCCCCCC(CC(N)=O)(C(=O)[O-])S(=O)(=O)O.CCCCCCCCCCCCC(CC(N)=O)(C(=O)[O-])S(=O)(=O)O.[Na+].[Na+]. The van der Waals surface area contributed by atoms with Crippen LogP contribution in [0.25, 0.3) is 0 Å². The smallest absolute Gasteiger partial charge is 0.548 e. The van der Waals surface area contributed by atoms with Gasteiger partial charge in [0.2, 0.25) is 11.8 Å². The number of carbonyl (C=O) groups is 4. The van der Waals surface area contributed by atoms with Gasteiger partial charge in [0.25, 0.3) is 20.2 Å². The first-order valence-corrected chi connectivity index (χ1v) is 20.2. The van der Waals surface area contributed by atoms with Gasteiger partial charge in [0.05, 0.1) is 24.8 Å². The van der Waals surface area contributed by atoms with Crippen molar-refractivity contribution in [1.29, 1.82) is 0 Å². The summed E-state index contributed by atoms with van der Waals surface area (Å²) < 4.78 is 59.0. The van der Waals surface area contributed by atoms with Gasteiger partial charge in [0, 0.05) is 0 Å². The zero-order chi connectivity index (χ0) is 37.3. The number of carboxylic acid groups (broad SMARTS) is 2. The van der Waals surface area contributed by atoms with Gasteiger partial charge in [-0.05, 0) is 12.8 Å². The van der Waals surface area contributed by atoms with Crippen molar-refractivity contribution in [3.63, 3.8) is 0 Å². The predicted molar refractivity (Wildman–Crippen MR) is 179 cm³/mol. The monoisotopic (exact) mass is 774 g/mol. The summed E-state index contributed by atoms with van der Waals surface area (Å²) in [5.41, 5.74) is 9.85. The topological polar surface area (TPSA) is 275 Å². The normalized spacial score (nSPS) is 13.7. The largest absolute Gasteiger partial charge is 1.00 e. The molecule has 0 aliphatic rings. The van der Waals surface area contributed by atoms with Crippen LogP contribution in [-0.2, 0) is 39.4 Å². The van der Waals surface area contributed by atoms with Crippen LogP contribution in [0.1, 0.15) is 168 Å². The molecule has 0 heterocycles. The van der Waals surface area contributed by atoms with Crippen molar-refractivity contribution in [3.05, 3.63) is 0 Å². The van der Waals surface area contributed by atoms with E-state index >= 15 is 0 Å². The number of hydrogen-bond donors (Lipinski definition) is 4. The molecule has 0 saturated carbocycles. The summed E-state index contributed by atoms with van der Waals surface area (Å²) in [6.07, 6.45) is 17.1. The van der Waals surface area contributed by atoms with Crippen LogP contribution >= 0.6 is 0 Å². The van der Waals surface area contributed by atoms with Crippen molar-refractivity contribution < 1.29 is 114 Å². The first kappa shape index (κ1) is 56.4. The number of hydrogen-bond acceptors (Lipinski definition) is 10. The Morgan fingerprint density at radius 1 is 0.480 bits per heavy atom. The number of carbonyl (C=O) groups excluding carboxylic acids is 4. The number of aliphatic carboxylic acids is 2. The molecule has 0 bridgehead atoms. The molecule has 50 heavy (non-hydrogen) atoms. The van der Waals surface area contributed by atoms with Gasteiger partial charge in [-0.25, -0.2) is 0 Å². The van der Waals surface area contributed by atoms with E-state index in [-0.39, 0.29) is 84.8 Å². The molecule has 18 heteroatoms. The molecular formula is C32H60N2Na2O12S2. The minimum absolute atomic E-state index is 0. The van der Waals surface area contributed by atoms with Crippen LogP contribution < -0.4 is 80.8 Å². The Hall–Kier alpha value is -0.300. The maximum Gasteiger partial charge on any atom is 1.00 e. The third-order valence-corrected chi connectivity index (χ3v) is 11.5. The van der Waals surface area contributed by atoms with Gasteiger partial charge >= 0.3 is 59.1 Å². The number of amides is 2. The van der Waals surface area contributed by atoms with E-state index in [1.54, 1.807) is 0 Å². The standard InChI is InChI=1S/2C16H31NO6S.2Na/c2*1-2-3-4-5-6-7-8-9-10-11-12-16(15(19)20,13-14(17)18)24(21,22)23;;/h2*2-13H2,1H3,(H2,17,18)(H,19,20)(H,21,22,23);;/q;;2*+1/p-2. The van der Waals surface area contributed by atoms with Crippen molar-refractivity contribution in [2.75, 3.05) is 0 Å². The van der Waals surface area contributed by atoms with Crippen LogP contribution in [0.4, 0.5) is 0 Å². The maximum atomic E-state index is 11.4. The molecule has 0 aromatic heterocycles. The molecule has 0 aromatic carbocycles. The molecule has 0 spiro atoms. The third kappa shape index (κ3) is 24.1. The first-order valence-electron chi connectivity index (χ1n) is 17.3. The molecule has 2 atom stereocenters. The summed E-state index contributed by atoms with van der Waals surface area (Å²) in [6.45, 7) is 4.33. The van der Waals surface area contributed by atoms with Crippen LogP contribution in [0, 0.1) is 0 Å². The van der Waals surface area contributed by atoms with Gasteiger partial charge in [-0.2, -0.15) is 16.8 Å². The van der Waals surface area contributed by atoms with Crippen molar-refractivity contribution in [2.45, 2.75) is 177 Å². The number of rotatable bonds is 30. The zero-order valence-corrected chi connectivity index (χ0v) is 36.6. The zero-order valence-electron chi connectivity index (χ0n) is 30.9. The van der Waals surface area contributed by atoms with Gasteiger partial charge in [0.1, 0.15) is 9.49 Å². The maximum absolute atomic E-state index is 11.4. The van der Waals surface area contributed by atoms with Gasteiger partial charge in [-0.1, -0.05) is 142 Å². The van der Waals surface area contributed by atoms with Crippen LogP contribution in [-0.4, -0.2) is 59.2 Å². The van der Waals surface area contributed by atoms with E-state index in [4.69, 9.17) is 11.5 Å². The molecule has 0 aromatic rings. The Balaban J connectivity index is -0.000000407.